The molecule has 100 valence electrons. The Morgan fingerprint density at radius 1 is 1.39 bits per heavy atom. The van der Waals surface area contributed by atoms with Gasteiger partial charge >= 0.3 is 0 Å². The minimum atomic E-state index is 0.455. The van der Waals surface area contributed by atoms with Crippen LogP contribution in [-0.4, -0.2) is 43.8 Å². The van der Waals surface area contributed by atoms with E-state index in [0.29, 0.717) is 12.1 Å². The average molecular weight is 248 g/mol. The zero-order chi connectivity index (χ0) is 12.8. The molecule has 1 saturated heterocycles. The van der Waals surface area contributed by atoms with E-state index in [1.807, 2.05) is 0 Å². The quantitative estimate of drug-likeness (QED) is 0.832. The normalized spacial score (nSPS) is 21.4. The Balaban J connectivity index is 1.84. The van der Waals surface area contributed by atoms with Gasteiger partial charge in [-0.05, 0) is 31.9 Å². The maximum atomic E-state index is 5.92. The molecule has 0 aliphatic carbocycles. The molecule has 1 aromatic carbocycles. The lowest BCUT2D eigenvalue weighted by Gasteiger charge is -2.31. The largest absolute Gasteiger partial charge is 0.380 e. The van der Waals surface area contributed by atoms with Crippen LogP contribution in [0.4, 0.5) is 0 Å². The highest BCUT2D eigenvalue weighted by Gasteiger charge is 2.25. The molecule has 3 heteroatoms. The highest BCUT2D eigenvalue weighted by molar-refractivity contribution is 5.14. The lowest BCUT2D eigenvalue weighted by atomic mass is 10.0. The fourth-order valence-corrected chi connectivity index (χ4v) is 2.61. The standard InChI is InChI=1S/C15H24N2O/c1-17(15-9-10-18-12-15)14(11-16)8-7-13-5-3-2-4-6-13/h2-6,14-15H,7-12,16H2,1H3. The van der Waals surface area contributed by atoms with Crippen molar-refractivity contribution in [3.8, 4) is 0 Å². The number of rotatable bonds is 6. The molecule has 0 radical (unpaired) electrons. The van der Waals surface area contributed by atoms with Crippen LogP contribution in [0.1, 0.15) is 18.4 Å². The number of ether oxygens (including phenoxy) is 1. The van der Waals surface area contributed by atoms with Crippen molar-refractivity contribution in [1.29, 1.82) is 0 Å². The van der Waals surface area contributed by atoms with Crippen LogP contribution in [0.5, 0.6) is 0 Å². The first-order valence-corrected chi connectivity index (χ1v) is 6.85. The summed E-state index contributed by atoms with van der Waals surface area (Å²) in [7, 11) is 2.18. The fourth-order valence-electron chi connectivity index (χ4n) is 2.61. The van der Waals surface area contributed by atoms with Gasteiger partial charge in [0.25, 0.3) is 0 Å². The number of hydrogen-bond acceptors (Lipinski definition) is 3. The van der Waals surface area contributed by atoms with Crippen LogP contribution >= 0.6 is 0 Å². The summed E-state index contributed by atoms with van der Waals surface area (Å²) in [5.74, 6) is 0. The Morgan fingerprint density at radius 2 is 2.17 bits per heavy atom. The van der Waals surface area contributed by atoms with Gasteiger partial charge in [-0.1, -0.05) is 30.3 Å². The maximum absolute atomic E-state index is 5.92. The molecule has 0 aromatic heterocycles. The molecule has 2 unspecified atom stereocenters. The minimum absolute atomic E-state index is 0.455. The van der Waals surface area contributed by atoms with Crippen LogP contribution in [0, 0.1) is 0 Å². The average Bonchev–Trinajstić information content (AvgIpc) is 2.94. The van der Waals surface area contributed by atoms with Gasteiger partial charge in [0, 0.05) is 25.2 Å². The lowest BCUT2D eigenvalue weighted by Crippen LogP contribution is -2.44. The van der Waals surface area contributed by atoms with E-state index in [4.69, 9.17) is 10.5 Å². The van der Waals surface area contributed by atoms with Gasteiger partial charge in [-0.2, -0.15) is 0 Å². The van der Waals surface area contributed by atoms with Crippen LogP contribution < -0.4 is 5.73 Å². The highest BCUT2D eigenvalue weighted by Crippen LogP contribution is 2.16. The van der Waals surface area contributed by atoms with Crippen molar-refractivity contribution in [2.24, 2.45) is 5.73 Å². The molecule has 2 rings (SSSR count). The van der Waals surface area contributed by atoms with Gasteiger partial charge in [0.15, 0.2) is 0 Å². The third kappa shape index (κ3) is 3.55. The van der Waals surface area contributed by atoms with Gasteiger partial charge in [0.2, 0.25) is 0 Å². The molecular weight excluding hydrogens is 224 g/mol. The van der Waals surface area contributed by atoms with Gasteiger partial charge in [-0.15, -0.1) is 0 Å². The third-order valence-corrected chi connectivity index (χ3v) is 3.94. The number of aryl methyl sites for hydroxylation is 1. The molecule has 1 aliphatic rings. The van der Waals surface area contributed by atoms with E-state index in [2.05, 4.69) is 42.3 Å². The molecule has 1 aromatic rings. The molecule has 0 saturated carbocycles. The van der Waals surface area contributed by atoms with Gasteiger partial charge in [0.1, 0.15) is 0 Å². The van der Waals surface area contributed by atoms with E-state index in [9.17, 15) is 0 Å². The van der Waals surface area contributed by atoms with Gasteiger partial charge in [-0.25, -0.2) is 0 Å². The first-order valence-electron chi connectivity index (χ1n) is 6.85. The summed E-state index contributed by atoms with van der Waals surface area (Å²) in [4.78, 5) is 2.41. The molecule has 1 aliphatic heterocycles. The number of nitrogens with two attached hydrogens (primary N) is 1. The summed E-state index contributed by atoms with van der Waals surface area (Å²) in [5, 5.41) is 0. The Labute approximate surface area is 110 Å². The predicted molar refractivity (Wildman–Crippen MR) is 74.6 cm³/mol. The number of nitrogens with zero attached hydrogens (tertiary/aromatic N) is 1. The lowest BCUT2D eigenvalue weighted by molar-refractivity contribution is 0.130. The van der Waals surface area contributed by atoms with Crippen LogP contribution in [0.3, 0.4) is 0 Å². The van der Waals surface area contributed by atoms with Crippen molar-refractivity contribution < 1.29 is 4.74 Å². The molecule has 1 heterocycles. The van der Waals surface area contributed by atoms with E-state index >= 15 is 0 Å². The van der Waals surface area contributed by atoms with Crippen molar-refractivity contribution in [1.82, 2.24) is 4.90 Å². The van der Waals surface area contributed by atoms with E-state index in [-0.39, 0.29) is 0 Å². The van der Waals surface area contributed by atoms with Crippen molar-refractivity contribution in [2.45, 2.75) is 31.3 Å². The summed E-state index contributed by atoms with van der Waals surface area (Å²) in [5.41, 5.74) is 7.32. The number of likely N-dealkylation sites (N-methyl/N-ethyl adjacent to an activating group) is 1. The van der Waals surface area contributed by atoms with Crippen molar-refractivity contribution in [3.05, 3.63) is 35.9 Å². The molecular formula is C15H24N2O. The maximum Gasteiger partial charge on any atom is 0.0622 e. The molecule has 2 atom stereocenters. The van der Waals surface area contributed by atoms with Crippen molar-refractivity contribution in [2.75, 3.05) is 26.8 Å². The zero-order valence-corrected chi connectivity index (χ0v) is 11.2. The monoisotopic (exact) mass is 248 g/mol. The smallest absolute Gasteiger partial charge is 0.0622 e. The Kier molecular flexibility index (Phi) is 5.17. The third-order valence-electron chi connectivity index (χ3n) is 3.94. The zero-order valence-electron chi connectivity index (χ0n) is 11.2. The molecule has 0 bridgehead atoms. The van der Waals surface area contributed by atoms with Gasteiger partial charge < -0.3 is 10.5 Å². The summed E-state index contributed by atoms with van der Waals surface area (Å²) in [6.07, 6.45) is 3.35. The van der Waals surface area contributed by atoms with Crippen LogP contribution in [0.25, 0.3) is 0 Å². The predicted octanol–water partition coefficient (Wildman–Crippen LogP) is 1.67. The molecule has 0 spiro atoms. The molecule has 0 amide bonds. The Bertz CT molecular complexity index is 336. The molecule has 18 heavy (non-hydrogen) atoms. The Morgan fingerprint density at radius 3 is 2.78 bits per heavy atom. The molecule has 2 N–H and O–H groups in total. The van der Waals surface area contributed by atoms with E-state index < -0.39 is 0 Å². The van der Waals surface area contributed by atoms with E-state index in [1.165, 1.54) is 5.56 Å². The second-order valence-corrected chi connectivity index (χ2v) is 5.10. The van der Waals surface area contributed by atoms with Crippen molar-refractivity contribution in [3.63, 3.8) is 0 Å². The van der Waals surface area contributed by atoms with Crippen LogP contribution in [0.2, 0.25) is 0 Å². The van der Waals surface area contributed by atoms with Crippen LogP contribution in [-0.2, 0) is 11.2 Å². The fraction of sp³-hybridized carbons (Fsp3) is 0.600. The number of hydrogen-bond donors (Lipinski definition) is 1. The minimum Gasteiger partial charge on any atom is -0.380 e. The van der Waals surface area contributed by atoms with Gasteiger partial charge in [-0.3, -0.25) is 4.90 Å². The first-order chi connectivity index (χ1) is 8.81. The van der Waals surface area contributed by atoms with Crippen molar-refractivity contribution >= 4 is 0 Å². The SMILES string of the molecule is CN(C(CN)CCc1ccccc1)C1CCOC1. The second kappa shape index (κ2) is 6.88. The summed E-state index contributed by atoms with van der Waals surface area (Å²) < 4.78 is 5.45. The topological polar surface area (TPSA) is 38.5 Å². The molecule has 3 nitrogen and oxygen atoms in total. The Hall–Kier alpha value is -0.900. The summed E-state index contributed by atoms with van der Waals surface area (Å²) >= 11 is 0. The highest BCUT2D eigenvalue weighted by atomic mass is 16.5. The van der Waals surface area contributed by atoms with Gasteiger partial charge in [0.05, 0.1) is 6.61 Å². The molecule has 1 fully saturated rings. The second-order valence-electron chi connectivity index (χ2n) is 5.10. The van der Waals surface area contributed by atoms with Crippen LogP contribution in [0.15, 0.2) is 30.3 Å². The van der Waals surface area contributed by atoms with E-state index in [1.54, 1.807) is 0 Å². The van der Waals surface area contributed by atoms with E-state index in [0.717, 1.165) is 39.0 Å². The summed E-state index contributed by atoms with van der Waals surface area (Å²) in [6, 6.07) is 11.6. The first kappa shape index (κ1) is 13.5. The number of benzene rings is 1. The summed E-state index contributed by atoms with van der Waals surface area (Å²) in [6.45, 7) is 2.48.